The molecule has 2 nitrogen and oxygen atoms in total. The van der Waals surface area contributed by atoms with Crippen LogP contribution in [-0.2, 0) is 4.79 Å². The molecule has 1 unspecified atom stereocenters. The second-order valence-corrected chi connectivity index (χ2v) is 3.49. The maximum absolute atomic E-state index is 11.6. The van der Waals surface area contributed by atoms with Gasteiger partial charge in [-0.1, -0.05) is 24.8 Å². The molecule has 1 fully saturated rings. The van der Waals surface area contributed by atoms with Crippen LogP contribution < -0.4 is 0 Å². The van der Waals surface area contributed by atoms with E-state index >= 15 is 0 Å². The molecule has 1 rings (SSSR count). The molecular weight excluding hydrogens is 186 g/mol. The van der Waals surface area contributed by atoms with E-state index in [1.165, 1.54) is 0 Å². The summed E-state index contributed by atoms with van der Waals surface area (Å²) < 4.78 is 0. The summed E-state index contributed by atoms with van der Waals surface area (Å²) in [6, 6.07) is 0.116. The highest BCUT2D eigenvalue weighted by Gasteiger charge is 2.38. The molecule has 0 saturated carbocycles. The van der Waals surface area contributed by atoms with Gasteiger partial charge in [0.2, 0.25) is 0 Å². The number of rotatable bonds is 3. The number of carbonyl (C=O) groups excluding carboxylic acids is 1. The topological polar surface area (TPSA) is 20.3 Å². The second-order valence-electron chi connectivity index (χ2n) is 3.49. The molecule has 0 bridgehead atoms. The van der Waals surface area contributed by atoms with Crippen molar-refractivity contribution in [2.75, 3.05) is 0 Å². The number of likely N-dealkylation sites (tertiary alicyclic amines) is 1. The molecule has 15 heavy (non-hydrogen) atoms. The predicted octanol–water partition coefficient (Wildman–Crippen LogP) is 2.81. The number of carbonyl (C=O) groups is 1. The van der Waals surface area contributed by atoms with Crippen LogP contribution in [0, 0.1) is 0 Å². The summed E-state index contributed by atoms with van der Waals surface area (Å²) in [7, 11) is 0. The molecule has 1 aliphatic heterocycles. The van der Waals surface area contributed by atoms with E-state index in [0.717, 1.165) is 5.70 Å². The fourth-order valence-corrected chi connectivity index (χ4v) is 1.52. The van der Waals surface area contributed by atoms with Crippen LogP contribution >= 0.6 is 0 Å². The zero-order chi connectivity index (χ0) is 11.4. The molecule has 2 heteroatoms. The van der Waals surface area contributed by atoms with Crippen molar-refractivity contribution >= 4 is 5.91 Å². The molecule has 0 aromatic heterocycles. The van der Waals surface area contributed by atoms with Gasteiger partial charge in [0.25, 0.3) is 5.91 Å². The van der Waals surface area contributed by atoms with Crippen molar-refractivity contribution in [1.29, 1.82) is 0 Å². The molecule has 0 aliphatic carbocycles. The predicted molar refractivity (Wildman–Crippen MR) is 63.2 cm³/mol. The molecule has 1 saturated heterocycles. The van der Waals surface area contributed by atoms with E-state index in [0.29, 0.717) is 5.57 Å². The minimum Gasteiger partial charge on any atom is -0.301 e. The van der Waals surface area contributed by atoms with E-state index in [2.05, 4.69) is 6.58 Å². The summed E-state index contributed by atoms with van der Waals surface area (Å²) in [5.74, 6) is 0.0244. The summed E-state index contributed by atoms with van der Waals surface area (Å²) in [5, 5.41) is 0. The Morgan fingerprint density at radius 1 is 1.40 bits per heavy atom. The summed E-state index contributed by atoms with van der Waals surface area (Å²) in [5.41, 5.74) is 1.60. The van der Waals surface area contributed by atoms with E-state index in [4.69, 9.17) is 0 Å². The molecule has 0 aromatic rings. The maximum Gasteiger partial charge on any atom is 0.256 e. The van der Waals surface area contributed by atoms with Gasteiger partial charge in [-0.3, -0.25) is 4.79 Å². The van der Waals surface area contributed by atoms with E-state index in [9.17, 15) is 4.79 Å². The standard InChI is InChI=1S/C13H17NO/c1-5-7-9-12(8-6-2)14-11(4)10(3)13(14)15/h5-9,11H,3H2,1-2,4H3/b7-5-,8-6-,12-9+. The number of hydrogen-bond donors (Lipinski definition) is 0. The summed E-state index contributed by atoms with van der Waals surface area (Å²) in [6.07, 6.45) is 9.65. The fourth-order valence-electron chi connectivity index (χ4n) is 1.52. The maximum atomic E-state index is 11.6. The Morgan fingerprint density at radius 3 is 2.53 bits per heavy atom. The van der Waals surface area contributed by atoms with Crippen molar-refractivity contribution in [3.8, 4) is 0 Å². The smallest absolute Gasteiger partial charge is 0.256 e. The van der Waals surface area contributed by atoms with Crippen molar-refractivity contribution < 1.29 is 4.79 Å². The van der Waals surface area contributed by atoms with E-state index in [1.54, 1.807) is 4.90 Å². The number of hydrogen-bond acceptors (Lipinski definition) is 1. The van der Waals surface area contributed by atoms with Gasteiger partial charge in [-0.05, 0) is 32.9 Å². The summed E-state index contributed by atoms with van der Waals surface area (Å²) in [4.78, 5) is 13.3. The Hall–Kier alpha value is -1.57. The molecule has 1 amide bonds. The monoisotopic (exact) mass is 203 g/mol. The largest absolute Gasteiger partial charge is 0.301 e. The van der Waals surface area contributed by atoms with Crippen LogP contribution in [0.15, 0.2) is 48.2 Å². The molecule has 0 spiro atoms. The normalized spacial score (nSPS) is 23.0. The molecule has 1 aliphatic rings. The average Bonchev–Trinajstić information content (AvgIpc) is 2.25. The van der Waals surface area contributed by atoms with Gasteiger partial charge in [-0.2, -0.15) is 0 Å². The lowest BCUT2D eigenvalue weighted by Crippen LogP contribution is -2.51. The molecule has 1 atom stereocenters. The quantitative estimate of drug-likeness (QED) is 0.392. The van der Waals surface area contributed by atoms with Crippen molar-refractivity contribution in [2.45, 2.75) is 26.8 Å². The van der Waals surface area contributed by atoms with Gasteiger partial charge in [0.15, 0.2) is 0 Å². The Labute approximate surface area is 91.3 Å². The highest BCUT2D eigenvalue weighted by Crippen LogP contribution is 2.28. The number of β-lactam (4-membered cyclic amide) rings is 1. The van der Waals surface area contributed by atoms with Crippen molar-refractivity contribution in [3.05, 3.63) is 48.2 Å². The third kappa shape index (κ3) is 2.09. The van der Waals surface area contributed by atoms with Gasteiger partial charge in [-0.15, -0.1) is 0 Å². The third-order valence-electron chi connectivity index (χ3n) is 2.46. The first kappa shape index (κ1) is 11.5. The molecule has 80 valence electrons. The first-order valence-electron chi connectivity index (χ1n) is 5.11. The zero-order valence-corrected chi connectivity index (χ0v) is 9.53. The van der Waals surface area contributed by atoms with Gasteiger partial charge in [-0.25, -0.2) is 0 Å². The van der Waals surface area contributed by atoms with E-state index < -0.39 is 0 Å². The molecular formula is C13H17NO. The zero-order valence-electron chi connectivity index (χ0n) is 9.53. The molecule has 0 radical (unpaired) electrons. The van der Waals surface area contributed by atoms with Crippen LogP contribution in [-0.4, -0.2) is 16.8 Å². The van der Waals surface area contributed by atoms with Gasteiger partial charge >= 0.3 is 0 Å². The third-order valence-corrected chi connectivity index (χ3v) is 2.46. The minimum absolute atomic E-state index is 0.0244. The lowest BCUT2D eigenvalue weighted by molar-refractivity contribution is -0.133. The van der Waals surface area contributed by atoms with Crippen LogP contribution in [0.2, 0.25) is 0 Å². The highest BCUT2D eigenvalue weighted by atomic mass is 16.2. The number of allylic oxidation sites excluding steroid dienone is 5. The lowest BCUT2D eigenvalue weighted by Gasteiger charge is -2.40. The van der Waals surface area contributed by atoms with Crippen molar-refractivity contribution in [3.63, 3.8) is 0 Å². The average molecular weight is 203 g/mol. The van der Waals surface area contributed by atoms with Gasteiger partial charge in [0.05, 0.1) is 6.04 Å². The van der Waals surface area contributed by atoms with Gasteiger partial charge in [0, 0.05) is 11.3 Å². The van der Waals surface area contributed by atoms with Gasteiger partial charge in [0.1, 0.15) is 0 Å². The van der Waals surface area contributed by atoms with E-state index in [1.807, 2.05) is 51.2 Å². The summed E-state index contributed by atoms with van der Waals surface area (Å²) in [6.45, 7) is 9.60. The van der Waals surface area contributed by atoms with Crippen LogP contribution in [0.25, 0.3) is 0 Å². The number of amides is 1. The molecule has 0 aromatic carbocycles. The molecule has 0 N–H and O–H groups in total. The first-order chi connectivity index (χ1) is 7.13. The van der Waals surface area contributed by atoms with Crippen LogP contribution in [0.4, 0.5) is 0 Å². The Morgan fingerprint density at radius 2 is 2.07 bits per heavy atom. The van der Waals surface area contributed by atoms with Gasteiger partial charge < -0.3 is 4.90 Å². The van der Waals surface area contributed by atoms with Crippen LogP contribution in [0.5, 0.6) is 0 Å². The first-order valence-corrected chi connectivity index (χ1v) is 5.11. The van der Waals surface area contributed by atoms with Crippen molar-refractivity contribution in [1.82, 2.24) is 4.90 Å². The number of nitrogens with zero attached hydrogens (tertiary/aromatic N) is 1. The Balaban J connectivity index is 2.92. The fraction of sp³-hybridized carbons (Fsp3) is 0.308. The van der Waals surface area contributed by atoms with Crippen molar-refractivity contribution in [2.24, 2.45) is 0 Å². The second kappa shape index (κ2) is 4.78. The Bertz CT molecular complexity index is 361. The highest BCUT2D eigenvalue weighted by molar-refractivity contribution is 6.02. The summed E-state index contributed by atoms with van der Waals surface area (Å²) >= 11 is 0. The molecule has 1 heterocycles. The van der Waals surface area contributed by atoms with E-state index in [-0.39, 0.29) is 11.9 Å². The van der Waals surface area contributed by atoms with Crippen LogP contribution in [0.1, 0.15) is 20.8 Å². The lowest BCUT2D eigenvalue weighted by atomic mass is 9.96. The SMILES string of the molecule is C=C1C(=O)N(C(/C=C\C)=C/C=C\C)C1C. The van der Waals surface area contributed by atoms with Crippen LogP contribution in [0.3, 0.4) is 0 Å². The minimum atomic E-state index is 0.0244. The Kier molecular flexibility index (Phi) is 3.67.